The standard InChI is InChI=1S/C9H20N2O3Si/c1-10(2)9(12)11-7-6-8(11)15(5,13-3)14-4/h8H,6-7H2,1-5H3. The first kappa shape index (κ1) is 12.5. The van der Waals surface area contributed by atoms with Crippen molar-refractivity contribution >= 4 is 14.6 Å². The molecule has 1 rings (SSSR count). The summed E-state index contributed by atoms with van der Waals surface area (Å²) in [5, 5.41) is 0. The molecule has 0 aliphatic carbocycles. The molecule has 0 N–H and O–H groups in total. The molecule has 1 aliphatic heterocycles. The van der Waals surface area contributed by atoms with E-state index in [1.165, 1.54) is 0 Å². The molecule has 1 heterocycles. The van der Waals surface area contributed by atoms with Crippen LogP contribution in [0.15, 0.2) is 0 Å². The molecule has 6 heteroatoms. The lowest BCUT2D eigenvalue weighted by atomic mass is 10.2. The Morgan fingerprint density at radius 2 is 1.93 bits per heavy atom. The summed E-state index contributed by atoms with van der Waals surface area (Å²) in [5.41, 5.74) is 0.141. The molecule has 1 unspecified atom stereocenters. The Morgan fingerprint density at radius 3 is 2.20 bits per heavy atom. The van der Waals surface area contributed by atoms with Gasteiger partial charge in [-0.1, -0.05) is 0 Å². The van der Waals surface area contributed by atoms with Gasteiger partial charge >= 0.3 is 14.6 Å². The number of hydrogen-bond acceptors (Lipinski definition) is 3. The van der Waals surface area contributed by atoms with Crippen LogP contribution in [0.4, 0.5) is 4.79 Å². The smallest absolute Gasteiger partial charge is 0.357 e. The molecule has 88 valence electrons. The molecule has 1 fully saturated rings. The lowest BCUT2D eigenvalue weighted by Gasteiger charge is -2.47. The fourth-order valence-corrected chi connectivity index (χ4v) is 3.94. The summed E-state index contributed by atoms with van der Waals surface area (Å²) in [7, 11) is 4.63. The fourth-order valence-electron chi connectivity index (χ4n) is 1.77. The first-order valence-corrected chi connectivity index (χ1v) is 7.44. The van der Waals surface area contributed by atoms with Gasteiger partial charge in [0.2, 0.25) is 0 Å². The average molecular weight is 232 g/mol. The summed E-state index contributed by atoms with van der Waals surface area (Å²) < 4.78 is 10.9. The number of hydrogen-bond donors (Lipinski definition) is 0. The number of amides is 2. The highest BCUT2D eigenvalue weighted by atomic mass is 28.4. The normalized spacial score (nSPS) is 21.1. The van der Waals surface area contributed by atoms with E-state index in [2.05, 4.69) is 0 Å². The molecule has 1 saturated heterocycles. The van der Waals surface area contributed by atoms with Crippen LogP contribution in [0.2, 0.25) is 6.55 Å². The monoisotopic (exact) mass is 232 g/mol. The van der Waals surface area contributed by atoms with Gasteiger partial charge in [-0.05, 0) is 13.0 Å². The third-order valence-corrected chi connectivity index (χ3v) is 6.50. The molecule has 0 aromatic heterocycles. The number of carbonyl (C=O) groups excluding carboxylic acids is 1. The quantitative estimate of drug-likeness (QED) is 0.671. The van der Waals surface area contributed by atoms with E-state index in [9.17, 15) is 4.79 Å². The maximum Gasteiger partial charge on any atom is 0.357 e. The number of nitrogens with zero attached hydrogens (tertiary/aromatic N) is 2. The van der Waals surface area contributed by atoms with Crippen molar-refractivity contribution in [3.05, 3.63) is 0 Å². The molecule has 0 aromatic rings. The molecular weight excluding hydrogens is 212 g/mol. The molecule has 0 radical (unpaired) electrons. The molecular formula is C9H20N2O3Si. The minimum absolute atomic E-state index is 0.0408. The van der Waals surface area contributed by atoms with Gasteiger partial charge in [0.1, 0.15) is 0 Å². The Labute approximate surface area is 92.2 Å². The Kier molecular flexibility index (Phi) is 3.75. The van der Waals surface area contributed by atoms with E-state index in [4.69, 9.17) is 8.85 Å². The van der Waals surface area contributed by atoms with Gasteiger partial charge in [-0.25, -0.2) is 4.79 Å². The van der Waals surface area contributed by atoms with Crippen molar-refractivity contribution in [2.24, 2.45) is 0 Å². The summed E-state index contributed by atoms with van der Waals surface area (Å²) in [4.78, 5) is 15.2. The van der Waals surface area contributed by atoms with E-state index in [1.54, 1.807) is 33.2 Å². The van der Waals surface area contributed by atoms with Gasteiger partial charge in [-0.15, -0.1) is 0 Å². The Balaban J connectivity index is 2.69. The minimum atomic E-state index is -2.21. The lowest BCUT2D eigenvalue weighted by molar-refractivity contribution is 0.0941. The summed E-state index contributed by atoms with van der Waals surface area (Å²) in [6.07, 6.45) is 0.976. The van der Waals surface area contributed by atoms with Crippen molar-refractivity contribution in [2.45, 2.75) is 18.6 Å². The first-order chi connectivity index (χ1) is 6.96. The van der Waals surface area contributed by atoms with E-state index in [-0.39, 0.29) is 11.7 Å². The zero-order valence-electron chi connectivity index (χ0n) is 10.1. The predicted molar refractivity (Wildman–Crippen MR) is 59.8 cm³/mol. The van der Waals surface area contributed by atoms with Crippen molar-refractivity contribution < 1.29 is 13.6 Å². The van der Waals surface area contributed by atoms with E-state index in [0.29, 0.717) is 0 Å². The van der Waals surface area contributed by atoms with Crippen molar-refractivity contribution in [3.8, 4) is 0 Å². The zero-order valence-corrected chi connectivity index (χ0v) is 11.1. The molecule has 2 amide bonds. The highest BCUT2D eigenvalue weighted by Crippen LogP contribution is 2.28. The topological polar surface area (TPSA) is 42.0 Å². The molecule has 1 aliphatic rings. The summed E-state index contributed by atoms with van der Waals surface area (Å²) in [6, 6.07) is 0.0408. The molecule has 0 saturated carbocycles. The highest BCUT2D eigenvalue weighted by molar-refractivity contribution is 6.68. The van der Waals surface area contributed by atoms with Gasteiger partial charge in [-0.2, -0.15) is 0 Å². The summed E-state index contributed by atoms with van der Waals surface area (Å²) >= 11 is 0. The van der Waals surface area contributed by atoms with E-state index in [0.717, 1.165) is 13.0 Å². The number of likely N-dealkylation sites (tertiary alicyclic amines) is 1. The van der Waals surface area contributed by atoms with Crippen molar-refractivity contribution in [3.63, 3.8) is 0 Å². The van der Waals surface area contributed by atoms with Crippen LogP contribution in [-0.4, -0.2) is 64.9 Å². The molecule has 0 spiro atoms. The van der Waals surface area contributed by atoms with Crippen molar-refractivity contribution in [1.82, 2.24) is 9.80 Å². The molecule has 0 aromatic carbocycles. The van der Waals surface area contributed by atoms with Crippen LogP contribution in [0.25, 0.3) is 0 Å². The fraction of sp³-hybridized carbons (Fsp3) is 0.889. The van der Waals surface area contributed by atoms with Crippen LogP contribution in [0.3, 0.4) is 0 Å². The van der Waals surface area contributed by atoms with Crippen LogP contribution in [0, 0.1) is 0 Å². The van der Waals surface area contributed by atoms with Crippen LogP contribution < -0.4 is 0 Å². The molecule has 5 nitrogen and oxygen atoms in total. The van der Waals surface area contributed by atoms with Crippen LogP contribution in [0.5, 0.6) is 0 Å². The lowest BCUT2D eigenvalue weighted by Crippen LogP contribution is -2.67. The van der Waals surface area contributed by atoms with E-state index in [1.807, 2.05) is 11.4 Å². The van der Waals surface area contributed by atoms with Crippen LogP contribution in [-0.2, 0) is 8.85 Å². The predicted octanol–water partition coefficient (Wildman–Crippen LogP) is 0.646. The van der Waals surface area contributed by atoms with Crippen molar-refractivity contribution in [1.29, 1.82) is 0 Å². The first-order valence-electron chi connectivity index (χ1n) is 5.04. The summed E-state index contributed by atoms with van der Waals surface area (Å²) in [6.45, 7) is 2.80. The van der Waals surface area contributed by atoms with Crippen LogP contribution >= 0.6 is 0 Å². The van der Waals surface area contributed by atoms with Gasteiger partial charge in [0.15, 0.2) is 0 Å². The molecule has 0 bridgehead atoms. The SMILES string of the molecule is CO[Si](C)(OC)C1CCN1C(=O)N(C)C. The van der Waals surface area contributed by atoms with Gasteiger partial charge in [-0.3, -0.25) is 0 Å². The minimum Gasteiger partial charge on any atom is -0.397 e. The maximum atomic E-state index is 11.8. The van der Waals surface area contributed by atoms with Gasteiger partial charge in [0, 0.05) is 34.9 Å². The number of urea groups is 1. The van der Waals surface area contributed by atoms with Gasteiger partial charge in [0.25, 0.3) is 0 Å². The largest absolute Gasteiger partial charge is 0.397 e. The Bertz CT molecular complexity index is 244. The molecule has 1 atom stereocenters. The van der Waals surface area contributed by atoms with Crippen molar-refractivity contribution in [2.75, 3.05) is 34.9 Å². The van der Waals surface area contributed by atoms with E-state index < -0.39 is 8.56 Å². The number of carbonyl (C=O) groups is 1. The second kappa shape index (κ2) is 4.50. The average Bonchev–Trinajstić information content (AvgIpc) is 2.15. The number of rotatable bonds is 3. The van der Waals surface area contributed by atoms with Gasteiger partial charge < -0.3 is 18.7 Å². The maximum absolute atomic E-state index is 11.8. The Hall–Kier alpha value is -0.593. The third-order valence-electron chi connectivity index (χ3n) is 3.06. The zero-order chi connectivity index (χ0) is 11.6. The van der Waals surface area contributed by atoms with Gasteiger partial charge in [0.05, 0.1) is 5.67 Å². The second-order valence-corrected chi connectivity index (χ2v) is 7.61. The second-order valence-electron chi connectivity index (χ2n) is 4.10. The highest BCUT2D eigenvalue weighted by Gasteiger charge is 2.50. The van der Waals surface area contributed by atoms with Crippen LogP contribution in [0.1, 0.15) is 6.42 Å². The summed E-state index contributed by atoms with van der Waals surface area (Å²) in [5.74, 6) is 0. The molecule has 15 heavy (non-hydrogen) atoms. The van der Waals surface area contributed by atoms with E-state index >= 15 is 0 Å². The Morgan fingerprint density at radius 1 is 1.40 bits per heavy atom. The third kappa shape index (κ3) is 2.16.